The van der Waals surface area contributed by atoms with Gasteiger partial charge in [-0.2, -0.15) is 0 Å². The molecule has 12 nitrogen and oxygen atoms in total. The molecule has 0 saturated heterocycles. The van der Waals surface area contributed by atoms with Gasteiger partial charge in [-0.25, -0.2) is 4.57 Å². The second-order valence-corrected chi connectivity index (χ2v) is 18.7. The van der Waals surface area contributed by atoms with E-state index in [0.29, 0.717) is 13.0 Å². The van der Waals surface area contributed by atoms with Crippen LogP contribution in [0.15, 0.2) is 36.5 Å². The number of ether oxygens (including phenoxy) is 2. The fourth-order valence-electron chi connectivity index (χ4n) is 7.61. The predicted octanol–water partition coefficient (Wildman–Crippen LogP) is 10.6. The Morgan fingerprint density at radius 1 is 0.532 bits per heavy atom. The number of rotatable bonds is 42. The first kappa shape index (κ1) is 58.6. The third kappa shape index (κ3) is 31.4. The zero-order valence-electron chi connectivity index (χ0n) is 38.9. The van der Waals surface area contributed by atoms with Crippen molar-refractivity contribution in [2.45, 2.75) is 249 Å². The Kier molecular flexibility index (Phi) is 37.7. The molecule has 0 aromatic rings. The standard InChI is InChI=1S/C49H91O12P/c1-3-5-7-9-11-13-15-17-19-21-23-25-27-29-31-33-35-37-39-58-40-42(41-59-62(56,57)61-49-47(54)45(52)44(51)46(53)48(49)55)60-43(50)38-36-34-32-30-28-26-24-22-20-18-16-14-12-10-8-6-4-2/h5,7,11,13,17,19,42,44-49,51-55H,3-4,6,8-10,12,14-16,18,20-41H2,1-2H3,(H,56,57)/b7-5-,13-11-,19-17-. The van der Waals surface area contributed by atoms with Gasteiger partial charge in [-0.1, -0.05) is 192 Å². The van der Waals surface area contributed by atoms with Gasteiger partial charge in [0.2, 0.25) is 0 Å². The fourth-order valence-corrected chi connectivity index (χ4v) is 8.58. The van der Waals surface area contributed by atoms with Crippen molar-refractivity contribution in [2.75, 3.05) is 19.8 Å². The molecule has 1 aliphatic carbocycles. The third-order valence-electron chi connectivity index (χ3n) is 11.5. The second-order valence-electron chi connectivity index (χ2n) is 17.3. The van der Waals surface area contributed by atoms with E-state index in [1.54, 1.807) is 0 Å². The van der Waals surface area contributed by atoms with Crippen molar-refractivity contribution >= 4 is 13.8 Å². The number of carbonyl (C=O) groups excluding carboxylic acids is 1. The maximum atomic E-state index is 12.8. The lowest BCUT2D eigenvalue weighted by Gasteiger charge is -2.41. The highest BCUT2D eigenvalue weighted by Gasteiger charge is 2.51. The highest BCUT2D eigenvalue weighted by atomic mass is 31.2. The van der Waals surface area contributed by atoms with Crippen molar-refractivity contribution in [1.82, 2.24) is 0 Å². The van der Waals surface area contributed by atoms with Crippen LogP contribution in [0.25, 0.3) is 0 Å². The minimum absolute atomic E-state index is 0.0792. The zero-order valence-corrected chi connectivity index (χ0v) is 39.8. The van der Waals surface area contributed by atoms with Gasteiger partial charge < -0.3 is 39.9 Å². The highest BCUT2D eigenvalue weighted by Crippen LogP contribution is 2.47. The van der Waals surface area contributed by atoms with E-state index in [4.69, 9.17) is 18.5 Å². The predicted molar refractivity (Wildman–Crippen MR) is 249 cm³/mol. The number of carbonyl (C=O) groups is 1. The highest BCUT2D eigenvalue weighted by molar-refractivity contribution is 7.47. The van der Waals surface area contributed by atoms with Crippen LogP contribution in [0.5, 0.6) is 0 Å². The van der Waals surface area contributed by atoms with Crippen molar-refractivity contribution in [3.63, 3.8) is 0 Å². The molecule has 0 heterocycles. The summed E-state index contributed by atoms with van der Waals surface area (Å²) in [6.07, 6.45) is 34.9. The van der Waals surface area contributed by atoms with Gasteiger partial charge in [-0.15, -0.1) is 0 Å². The van der Waals surface area contributed by atoms with Crippen molar-refractivity contribution < 1.29 is 58.3 Å². The number of hydrogen-bond acceptors (Lipinski definition) is 11. The molecule has 13 heteroatoms. The number of phosphoric ester groups is 1. The summed E-state index contributed by atoms with van der Waals surface area (Å²) in [4.78, 5) is 23.2. The van der Waals surface area contributed by atoms with Crippen LogP contribution in [0.4, 0.5) is 0 Å². The first-order valence-corrected chi connectivity index (χ1v) is 26.3. The fraction of sp³-hybridized carbons (Fsp3) is 0.857. The van der Waals surface area contributed by atoms with Gasteiger partial charge in [0.25, 0.3) is 0 Å². The normalized spacial score (nSPS) is 22.3. The number of hydrogen-bond donors (Lipinski definition) is 6. The molecule has 0 radical (unpaired) electrons. The van der Waals surface area contributed by atoms with E-state index in [2.05, 4.69) is 50.3 Å². The number of aliphatic hydroxyl groups excluding tert-OH is 5. The van der Waals surface area contributed by atoms with Crippen LogP contribution in [-0.4, -0.2) is 98.9 Å². The van der Waals surface area contributed by atoms with Crippen molar-refractivity contribution in [3.8, 4) is 0 Å². The van der Waals surface area contributed by atoms with Crippen LogP contribution in [0.2, 0.25) is 0 Å². The monoisotopic (exact) mass is 903 g/mol. The van der Waals surface area contributed by atoms with Crippen molar-refractivity contribution in [3.05, 3.63) is 36.5 Å². The van der Waals surface area contributed by atoms with Gasteiger partial charge >= 0.3 is 13.8 Å². The Morgan fingerprint density at radius 3 is 1.45 bits per heavy atom. The Balaban J connectivity index is 2.36. The van der Waals surface area contributed by atoms with Crippen molar-refractivity contribution in [2.24, 2.45) is 0 Å². The van der Waals surface area contributed by atoms with E-state index in [0.717, 1.165) is 70.6 Å². The lowest BCUT2D eigenvalue weighted by molar-refractivity contribution is -0.220. The van der Waals surface area contributed by atoms with Gasteiger partial charge in [-0.05, 0) is 44.9 Å². The Hall–Kier alpha value is -1.44. The molecule has 1 fully saturated rings. The van der Waals surface area contributed by atoms with E-state index in [-0.39, 0.29) is 13.0 Å². The van der Waals surface area contributed by atoms with E-state index in [1.807, 2.05) is 0 Å². The van der Waals surface area contributed by atoms with Gasteiger partial charge in [-0.3, -0.25) is 13.8 Å². The zero-order chi connectivity index (χ0) is 45.5. The van der Waals surface area contributed by atoms with Crippen LogP contribution in [0, 0.1) is 0 Å². The molecule has 1 saturated carbocycles. The summed E-state index contributed by atoms with van der Waals surface area (Å²) in [7, 11) is -5.02. The molecule has 0 amide bonds. The Morgan fingerprint density at radius 2 is 0.952 bits per heavy atom. The molecule has 0 spiro atoms. The number of aliphatic hydroxyl groups is 5. The molecule has 6 N–H and O–H groups in total. The maximum absolute atomic E-state index is 12.8. The number of phosphoric acid groups is 1. The molecule has 0 aliphatic heterocycles. The molecular formula is C49H91O12P. The minimum atomic E-state index is -5.02. The average molecular weight is 903 g/mol. The number of allylic oxidation sites excluding steroid dienone is 6. The van der Waals surface area contributed by atoms with Crippen LogP contribution < -0.4 is 0 Å². The van der Waals surface area contributed by atoms with Gasteiger partial charge in [0.15, 0.2) is 0 Å². The summed E-state index contributed by atoms with van der Waals surface area (Å²) < 4.78 is 34.3. The van der Waals surface area contributed by atoms with Gasteiger partial charge in [0.05, 0.1) is 13.2 Å². The SMILES string of the molecule is CC/C=C\C/C=C\C/C=C\CCCCCCCCCCOCC(COP(=O)(O)OC1C(O)C(O)C(O)C(O)C1O)OC(=O)CCCCCCCCCCCCCCCCCCC. The quantitative estimate of drug-likeness (QED) is 0.0147. The van der Waals surface area contributed by atoms with E-state index in [9.17, 15) is 39.8 Å². The summed E-state index contributed by atoms with van der Waals surface area (Å²) in [6, 6.07) is 0. The lowest BCUT2D eigenvalue weighted by Crippen LogP contribution is -2.64. The molecule has 1 rings (SSSR count). The number of unbranched alkanes of at least 4 members (excludes halogenated alkanes) is 24. The Labute approximate surface area is 376 Å². The van der Waals surface area contributed by atoms with E-state index in [1.165, 1.54) is 109 Å². The van der Waals surface area contributed by atoms with Gasteiger partial charge in [0.1, 0.15) is 42.7 Å². The molecular weight excluding hydrogens is 812 g/mol. The summed E-state index contributed by atoms with van der Waals surface area (Å²) in [5.74, 6) is -0.477. The second kappa shape index (κ2) is 39.9. The van der Waals surface area contributed by atoms with Crippen LogP contribution in [-0.2, 0) is 27.9 Å². The molecule has 364 valence electrons. The first-order chi connectivity index (χ1) is 30.0. The maximum Gasteiger partial charge on any atom is 0.472 e. The summed E-state index contributed by atoms with van der Waals surface area (Å²) in [5.41, 5.74) is 0. The molecule has 6 atom stereocenters. The minimum Gasteiger partial charge on any atom is -0.457 e. The summed E-state index contributed by atoms with van der Waals surface area (Å²) >= 11 is 0. The summed E-state index contributed by atoms with van der Waals surface area (Å²) in [6.45, 7) is 4.16. The Bertz CT molecular complexity index is 1170. The topological polar surface area (TPSA) is 192 Å². The summed E-state index contributed by atoms with van der Waals surface area (Å²) in [5, 5.41) is 50.3. The van der Waals surface area contributed by atoms with Crippen LogP contribution in [0.3, 0.4) is 0 Å². The third-order valence-corrected chi connectivity index (χ3v) is 12.5. The van der Waals surface area contributed by atoms with E-state index >= 15 is 0 Å². The lowest BCUT2D eigenvalue weighted by atomic mass is 9.85. The van der Waals surface area contributed by atoms with Crippen molar-refractivity contribution in [1.29, 1.82) is 0 Å². The van der Waals surface area contributed by atoms with Crippen LogP contribution in [0.1, 0.15) is 206 Å². The average Bonchev–Trinajstić information content (AvgIpc) is 3.26. The molecule has 0 aromatic heterocycles. The van der Waals surface area contributed by atoms with E-state index < -0.39 is 63.1 Å². The smallest absolute Gasteiger partial charge is 0.457 e. The molecule has 6 unspecified atom stereocenters. The molecule has 0 bridgehead atoms. The molecule has 1 aliphatic rings. The van der Waals surface area contributed by atoms with Gasteiger partial charge in [0, 0.05) is 13.0 Å². The first-order valence-electron chi connectivity index (χ1n) is 24.8. The van der Waals surface area contributed by atoms with Crippen LogP contribution >= 0.6 is 7.82 Å². The molecule has 0 aromatic carbocycles. The molecule has 62 heavy (non-hydrogen) atoms. The number of esters is 1. The largest absolute Gasteiger partial charge is 0.472 e.